The molecular weight excluding hydrogens is 396 g/mol. The van der Waals surface area contributed by atoms with Gasteiger partial charge in [-0.2, -0.15) is 5.10 Å². The molecule has 164 valence electrons. The normalized spacial score (nSPS) is 17.1. The van der Waals surface area contributed by atoms with Crippen LogP contribution in [0.4, 0.5) is 17.1 Å². The Hall–Kier alpha value is -3.55. The fourth-order valence-corrected chi connectivity index (χ4v) is 3.57. The first kappa shape index (κ1) is 23.7. The lowest BCUT2D eigenvalue weighted by molar-refractivity contribution is -0.393. The van der Waals surface area contributed by atoms with Crippen LogP contribution >= 0.6 is 0 Å². The summed E-state index contributed by atoms with van der Waals surface area (Å²) >= 11 is 0. The number of hydrogen-bond acceptors (Lipinski definition) is 6. The van der Waals surface area contributed by atoms with Gasteiger partial charge in [0.05, 0.1) is 15.9 Å². The van der Waals surface area contributed by atoms with Gasteiger partial charge in [0.1, 0.15) is 5.69 Å². The Labute approximate surface area is 182 Å². The molecule has 0 spiro atoms. The van der Waals surface area contributed by atoms with Gasteiger partial charge >= 0.3 is 5.69 Å². The summed E-state index contributed by atoms with van der Waals surface area (Å²) in [4.78, 5) is 20.5. The SMILES string of the molecule is CC1=C(/C=C/C(C)=C/C=C/C=N/Nc2ccc([N+](=O)[O-])cc2[N+](=O)[O-])C(C)(C)CCC1. The molecule has 0 fully saturated rings. The molecule has 8 nitrogen and oxygen atoms in total. The number of nitrogens with one attached hydrogen (secondary N) is 1. The molecule has 0 atom stereocenters. The molecule has 0 aliphatic heterocycles. The van der Waals surface area contributed by atoms with Crippen LogP contribution in [-0.4, -0.2) is 16.1 Å². The van der Waals surface area contributed by atoms with Crippen LogP contribution in [0.15, 0.2) is 70.4 Å². The minimum absolute atomic E-state index is 0.0775. The molecule has 0 saturated heterocycles. The van der Waals surface area contributed by atoms with E-state index in [1.807, 2.05) is 19.1 Å². The van der Waals surface area contributed by atoms with E-state index >= 15 is 0 Å². The Bertz CT molecular complexity index is 1000. The van der Waals surface area contributed by atoms with E-state index in [1.54, 1.807) is 6.08 Å². The second-order valence-electron chi connectivity index (χ2n) is 8.17. The van der Waals surface area contributed by atoms with Gasteiger partial charge in [-0.15, -0.1) is 0 Å². The summed E-state index contributed by atoms with van der Waals surface area (Å²) in [5.41, 5.74) is 6.01. The minimum atomic E-state index is -0.691. The highest BCUT2D eigenvalue weighted by molar-refractivity contribution is 5.74. The quantitative estimate of drug-likeness (QED) is 0.222. The third-order valence-corrected chi connectivity index (χ3v) is 5.26. The lowest BCUT2D eigenvalue weighted by atomic mass is 9.72. The van der Waals surface area contributed by atoms with Crippen LogP contribution in [-0.2, 0) is 0 Å². The highest BCUT2D eigenvalue weighted by Gasteiger charge is 2.26. The van der Waals surface area contributed by atoms with E-state index in [4.69, 9.17) is 0 Å². The van der Waals surface area contributed by atoms with Crippen molar-refractivity contribution in [3.05, 3.63) is 85.5 Å². The Morgan fingerprint density at radius 3 is 2.58 bits per heavy atom. The van der Waals surface area contributed by atoms with Crippen molar-refractivity contribution < 1.29 is 9.85 Å². The van der Waals surface area contributed by atoms with Crippen molar-refractivity contribution in [3.63, 3.8) is 0 Å². The van der Waals surface area contributed by atoms with Crippen molar-refractivity contribution in [2.75, 3.05) is 5.43 Å². The Balaban J connectivity index is 1.99. The number of benzene rings is 1. The molecule has 0 radical (unpaired) electrons. The zero-order chi connectivity index (χ0) is 23.0. The van der Waals surface area contributed by atoms with E-state index in [2.05, 4.69) is 43.5 Å². The van der Waals surface area contributed by atoms with E-state index < -0.39 is 15.5 Å². The van der Waals surface area contributed by atoms with Gasteiger partial charge in [-0.25, -0.2) is 0 Å². The number of nitro groups is 2. The van der Waals surface area contributed by atoms with Crippen LogP contribution in [0.2, 0.25) is 0 Å². The van der Waals surface area contributed by atoms with E-state index in [1.165, 1.54) is 42.3 Å². The zero-order valence-corrected chi connectivity index (χ0v) is 18.3. The number of non-ortho nitro benzene ring substituents is 1. The second-order valence-corrected chi connectivity index (χ2v) is 8.17. The van der Waals surface area contributed by atoms with Gasteiger partial charge in [-0.05, 0) is 56.2 Å². The molecule has 1 aromatic rings. The summed E-state index contributed by atoms with van der Waals surface area (Å²) in [6.07, 6.45) is 14.8. The summed E-state index contributed by atoms with van der Waals surface area (Å²) in [6, 6.07) is 3.34. The zero-order valence-electron chi connectivity index (χ0n) is 18.3. The maximum Gasteiger partial charge on any atom is 0.301 e. The molecule has 0 saturated carbocycles. The largest absolute Gasteiger partial charge is 0.301 e. The lowest BCUT2D eigenvalue weighted by Crippen LogP contribution is -2.19. The number of rotatable bonds is 8. The maximum absolute atomic E-state index is 11.1. The minimum Gasteiger partial charge on any atom is -0.272 e. The first-order chi connectivity index (χ1) is 14.6. The molecule has 1 aliphatic rings. The van der Waals surface area contributed by atoms with Crippen molar-refractivity contribution >= 4 is 23.3 Å². The van der Waals surface area contributed by atoms with Gasteiger partial charge in [0.25, 0.3) is 5.69 Å². The smallest absolute Gasteiger partial charge is 0.272 e. The lowest BCUT2D eigenvalue weighted by Gasteiger charge is -2.32. The van der Waals surface area contributed by atoms with Crippen LogP contribution < -0.4 is 5.43 Å². The highest BCUT2D eigenvalue weighted by atomic mass is 16.6. The van der Waals surface area contributed by atoms with E-state index in [9.17, 15) is 20.2 Å². The number of allylic oxidation sites excluding steroid dienone is 8. The molecule has 1 aromatic carbocycles. The van der Waals surface area contributed by atoms with E-state index in [-0.39, 0.29) is 16.8 Å². The number of nitro benzene ring substituents is 2. The molecule has 8 heteroatoms. The number of anilines is 1. The number of hydrogen-bond donors (Lipinski definition) is 1. The molecule has 2 rings (SSSR count). The Morgan fingerprint density at radius 2 is 1.94 bits per heavy atom. The summed E-state index contributed by atoms with van der Waals surface area (Å²) in [6.45, 7) is 8.79. The predicted octanol–water partition coefficient (Wildman–Crippen LogP) is 6.49. The van der Waals surface area contributed by atoms with E-state index in [0.717, 1.165) is 18.1 Å². The third-order valence-electron chi connectivity index (χ3n) is 5.26. The molecule has 31 heavy (non-hydrogen) atoms. The average molecular weight is 425 g/mol. The first-order valence-electron chi connectivity index (χ1n) is 10.1. The van der Waals surface area contributed by atoms with Crippen LogP contribution in [0.3, 0.4) is 0 Å². The molecule has 0 aromatic heterocycles. The van der Waals surface area contributed by atoms with Crippen molar-refractivity contribution in [2.45, 2.75) is 47.0 Å². The monoisotopic (exact) mass is 424 g/mol. The van der Waals surface area contributed by atoms with Crippen molar-refractivity contribution in [2.24, 2.45) is 10.5 Å². The van der Waals surface area contributed by atoms with Gasteiger partial charge in [0, 0.05) is 12.3 Å². The summed E-state index contributed by atoms with van der Waals surface area (Å²) in [5, 5.41) is 25.8. The van der Waals surface area contributed by atoms with Crippen molar-refractivity contribution in [1.82, 2.24) is 0 Å². The standard InChI is InChI=1S/C23H28N4O4/c1-17(10-12-20-18(2)9-7-14-23(20,3)4)8-5-6-15-24-25-21-13-11-19(26(28)29)16-22(21)27(30)31/h5-6,8,10-13,15-16,25H,7,9,14H2,1-4H3/b6-5+,12-10+,17-8+,24-15+. The maximum atomic E-state index is 11.1. The van der Waals surface area contributed by atoms with Gasteiger partial charge in [-0.1, -0.05) is 49.3 Å². The summed E-state index contributed by atoms with van der Waals surface area (Å²) in [7, 11) is 0. The van der Waals surface area contributed by atoms with Gasteiger partial charge < -0.3 is 0 Å². The highest BCUT2D eigenvalue weighted by Crippen LogP contribution is 2.40. The Morgan fingerprint density at radius 1 is 1.19 bits per heavy atom. The molecular formula is C23H28N4O4. The fraction of sp³-hybridized carbons (Fsp3) is 0.348. The van der Waals surface area contributed by atoms with Crippen molar-refractivity contribution in [3.8, 4) is 0 Å². The topological polar surface area (TPSA) is 111 Å². The molecule has 1 N–H and O–H groups in total. The summed E-state index contributed by atoms with van der Waals surface area (Å²) in [5.74, 6) is 0. The van der Waals surface area contributed by atoms with E-state index in [0.29, 0.717) is 0 Å². The number of hydrazone groups is 1. The Kier molecular flexibility index (Phi) is 8.01. The molecule has 0 unspecified atom stereocenters. The second kappa shape index (κ2) is 10.5. The third kappa shape index (κ3) is 6.74. The fourth-order valence-electron chi connectivity index (χ4n) is 3.57. The van der Waals surface area contributed by atoms with Crippen LogP contribution in [0, 0.1) is 25.6 Å². The van der Waals surface area contributed by atoms with Gasteiger partial charge in [-0.3, -0.25) is 25.7 Å². The van der Waals surface area contributed by atoms with Crippen LogP contribution in [0.25, 0.3) is 0 Å². The molecule has 0 amide bonds. The van der Waals surface area contributed by atoms with Crippen LogP contribution in [0.1, 0.15) is 47.0 Å². The average Bonchev–Trinajstić information content (AvgIpc) is 2.69. The van der Waals surface area contributed by atoms with Crippen molar-refractivity contribution in [1.29, 1.82) is 0 Å². The molecule has 1 aliphatic carbocycles. The predicted molar refractivity (Wildman–Crippen MR) is 124 cm³/mol. The first-order valence-corrected chi connectivity index (χ1v) is 10.1. The molecule has 0 bridgehead atoms. The number of nitrogens with zero attached hydrogens (tertiary/aromatic N) is 3. The van der Waals surface area contributed by atoms with Gasteiger partial charge in [0.2, 0.25) is 0 Å². The molecule has 0 heterocycles. The van der Waals surface area contributed by atoms with Crippen LogP contribution in [0.5, 0.6) is 0 Å². The van der Waals surface area contributed by atoms with Gasteiger partial charge in [0.15, 0.2) is 0 Å². The summed E-state index contributed by atoms with van der Waals surface area (Å²) < 4.78 is 0.